The molecule has 3 N–H and O–H groups in total. The number of hydrogen-bond donors (Lipinski definition) is 3. The van der Waals surface area contributed by atoms with Crippen LogP contribution >= 0.6 is 22.6 Å². The Hall–Kier alpha value is -0.820. The van der Waals surface area contributed by atoms with Gasteiger partial charge in [-0.2, -0.15) is 0 Å². The van der Waals surface area contributed by atoms with E-state index in [4.69, 9.17) is 0 Å². The summed E-state index contributed by atoms with van der Waals surface area (Å²) in [6.45, 7) is 3.80. The van der Waals surface area contributed by atoms with Gasteiger partial charge in [0, 0.05) is 10.1 Å². The number of nitrogens with one attached hydrogen (secondary N) is 2. The summed E-state index contributed by atoms with van der Waals surface area (Å²) in [7, 11) is 0. The Bertz CT molecular complexity index is 394. The van der Waals surface area contributed by atoms with E-state index in [0.29, 0.717) is 6.42 Å². The largest absolute Gasteiger partial charge is 0.388 e. The van der Waals surface area contributed by atoms with Crippen molar-refractivity contribution in [2.24, 2.45) is 0 Å². The standard InChI is InChI=1S/C12H17IN2O2/c1-3-12(2,17)8-14-11(16)15-10-7-5-4-6-9(10)13/h4-7,17H,3,8H2,1-2H3,(H2,14,15,16)/t12-/m0/s1. The van der Waals surface area contributed by atoms with Crippen LogP contribution in [0.1, 0.15) is 20.3 Å². The molecule has 0 saturated heterocycles. The summed E-state index contributed by atoms with van der Waals surface area (Å²) in [6, 6.07) is 7.22. The third kappa shape index (κ3) is 4.91. The summed E-state index contributed by atoms with van der Waals surface area (Å²) >= 11 is 2.15. The van der Waals surface area contributed by atoms with Crippen LogP contribution < -0.4 is 10.6 Å². The molecule has 94 valence electrons. The van der Waals surface area contributed by atoms with Crippen LogP contribution in [-0.2, 0) is 0 Å². The van der Waals surface area contributed by atoms with Gasteiger partial charge in [0.2, 0.25) is 0 Å². The van der Waals surface area contributed by atoms with Crippen LogP contribution in [0.4, 0.5) is 10.5 Å². The normalized spacial score (nSPS) is 13.9. The van der Waals surface area contributed by atoms with Gasteiger partial charge in [0.05, 0.1) is 11.3 Å². The molecule has 1 aromatic carbocycles. The molecular weight excluding hydrogens is 331 g/mol. The highest BCUT2D eigenvalue weighted by molar-refractivity contribution is 14.1. The van der Waals surface area contributed by atoms with Crippen molar-refractivity contribution in [1.29, 1.82) is 0 Å². The maximum atomic E-state index is 11.6. The molecule has 5 heteroatoms. The SMILES string of the molecule is CC[C@](C)(O)CNC(=O)Nc1ccccc1I. The highest BCUT2D eigenvalue weighted by Crippen LogP contribution is 2.16. The Balaban J connectivity index is 2.48. The van der Waals surface area contributed by atoms with E-state index in [-0.39, 0.29) is 12.6 Å². The second kappa shape index (κ2) is 6.20. The minimum atomic E-state index is -0.860. The van der Waals surface area contributed by atoms with Gasteiger partial charge in [0.1, 0.15) is 0 Å². The highest BCUT2D eigenvalue weighted by Gasteiger charge is 2.18. The number of urea groups is 1. The lowest BCUT2D eigenvalue weighted by atomic mass is 10.0. The molecule has 0 saturated carbocycles. The number of anilines is 1. The molecule has 0 heterocycles. The third-order valence-corrected chi connectivity index (χ3v) is 3.45. The van der Waals surface area contributed by atoms with E-state index in [9.17, 15) is 9.90 Å². The van der Waals surface area contributed by atoms with Crippen LogP contribution in [0.15, 0.2) is 24.3 Å². The van der Waals surface area contributed by atoms with Crippen molar-refractivity contribution in [2.75, 3.05) is 11.9 Å². The molecule has 17 heavy (non-hydrogen) atoms. The molecule has 0 radical (unpaired) electrons. The summed E-state index contributed by atoms with van der Waals surface area (Å²) in [4.78, 5) is 11.6. The van der Waals surface area contributed by atoms with Gasteiger partial charge in [0.15, 0.2) is 0 Å². The Kier molecular flexibility index (Phi) is 5.20. The first-order valence-electron chi connectivity index (χ1n) is 5.46. The minimum Gasteiger partial charge on any atom is -0.388 e. The fourth-order valence-corrected chi connectivity index (χ4v) is 1.65. The molecular formula is C12H17IN2O2. The molecule has 1 atom stereocenters. The molecule has 0 aliphatic heterocycles. The van der Waals surface area contributed by atoms with Crippen LogP contribution in [0, 0.1) is 3.57 Å². The lowest BCUT2D eigenvalue weighted by Crippen LogP contribution is -2.41. The molecule has 0 fully saturated rings. The van der Waals surface area contributed by atoms with E-state index in [2.05, 4.69) is 33.2 Å². The van der Waals surface area contributed by atoms with Crippen molar-refractivity contribution >= 4 is 34.3 Å². The van der Waals surface area contributed by atoms with Gasteiger partial charge < -0.3 is 15.7 Å². The van der Waals surface area contributed by atoms with E-state index < -0.39 is 5.60 Å². The third-order valence-electron chi connectivity index (χ3n) is 2.51. The average Bonchev–Trinajstić information content (AvgIpc) is 2.30. The fraction of sp³-hybridized carbons (Fsp3) is 0.417. The summed E-state index contributed by atoms with van der Waals surface area (Å²) in [6.07, 6.45) is 0.593. The number of halogens is 1. The average molecular weight is 348 g/mol. The van der Waals surface area contributed by atoms with Gasteiger partial charge in [-0.1, -0.05) is 19.1 Å². The predicted molar refractivity (Wildman–Crippen MR) is 77.1 cm³/mol. The summed E-state index contributed by atoms with van der Waals surface area (Å²) < 4.78 is 0.975. The zero-order chi connectivity index (χ0) is 12.9. The van der Waals surface area contributed by atoms with E-state index in [1.165, 1.54) is 0 Å². The molecule has 0 bridgehead atoms. The molecule has 1 rings (SSSR count). The second-order valence-electron chi connectivity index (χ2n) is 4.14. The minimum absolute atomic E-state index is 0.235. The van der Waals surface area contributed by atoms with Crippen molar-refractivity contribution in [3.8, 4) is 0 Å². The van der Waals surface area contributed by atoms with E-state index in [1.807, 2.05) is 31.2 Å². The van der Waals surface area contributed by atoms with Gasteiger partial charge in [0.25, 0.3) is 0 Å². The smallest absolute Gasteiger partial charge is 0.319 e. The zero-order valence-corrected chi connectivity index (χ0v) is 12.1. The zero-order valence-electron chi connectivity index (χ0n) is 9.96. The van der Waals surface area contributed by atoms with E-state index in [1.54, 1.807) is 6.92 Å². The van der Waals surface area contributed by atoms with Gasteiger partial charge in [-0.05, 0) is 48.1 Å². The molecule has 0 aliphatic carbocycles. The molecule has 1 aromatic rings. The quantitative estimate of drug-likeness (QED) is 0.733. The summed E-state index contributed by atoms with van der Waals surface area (Å²) in [5, 5.41) is 15.1. The van der Waals surface area contributed by atoms with Gasteiger partial charge in [-0.15, -0.1) is 0 Å². The molecule has 0 spiro atoms. The fourth-order valence-electron chi connectivity index (χ4n) is 1.12. The van der Waals surface area contributed by atoms with Crippen LogP contribution in [0.5, 0.6) is 0 Å². The number of benzene rings is 1. The lowest BCUT2D eigenvalue weighted by molar-refractivity contribution is 0.0587. The van der Waals surface area contributed by atoms with Crippen LogP contribution in [0.3, 0.4) is 0 Å². The molecule has 0 unspecified atom stereocenters. The Morgan fingerprint density at radius 3 is 2.71 bits per heavy atom. The van der Waals surface area contributed by atoms with Gasteiger partial charge >= 0.3 is 6.03 Å². The predicted octanol–water partition coefficient (Wildman–Crippen LogP) is 2.57. The topological polar surface area (TPSA) is 61.4 Å². The Morgan fingerprint density at radius 1 is 1.47 bits per heavy atom. The maximum absolute atomic E-state index is 11.6. The first-order chi connectivity index (χ1) is 7.94. The van der Waals surface area contributed by atoms with E-state index in [0.717, 1.165) is 9.26 Å². The number of para-hydroxylation sites is 1. The number of amides is 2. The van der Waals surface area contributed by atoms with Crippen LogP contribution in [-0.4, -0.2) is 23.3 Å². The Labute approximate surface area is 115 Å². The van der Waals surface area contributed by atoms with Crippen molar-refractivity contribution in [1.82, 2.24) is 5.32 Å². The number of carbonyl (C=O) groups excluding carboxylic acids is 1. The summed E-state index contributed by atoms with van der Waals surface area (Å²) in [5.41, 5.74) is -0.0944. The monoisotopic (exact) mass is 348 g/mol. The van der Waals surface area contributed by atoms with Crippen molar-refractivity contribution in [3.63, 3.8) is 0 Å². The number of carbonyl (C=O) groups is 1. The van der Waals surface area contributed by atoms with Crippen LogP contribution in [0.25, 0.3) is 0 Å². The van der Waals surface area contributed by atoms with Gasteiger partial charge in [-0.3, -0.25) is 0 Å². The Morgan fingerprint density at radius 2 is 2.12 bits per heavy atom. The number of aliphatic hydroxyl groups is 1. The molecule has 4 nitrogen and oxygen atoms in total. The van der Waals surface area contributed by atoms with Crippen LogP contribution in [0.2, 0.25) is 0 Å². The van der Waals surface area contributed by atoms with Crippen molar-refractivity contribution in [3.05, 3.63) is 27.8 Å². The summed E-state index contributed by atoms with van der Waals surface area (Å²) in [5.74, 6) is 0. The first kappa shape index (κ1) is 14.2. The lowest BCUT2D eigenvalue weighted by Gasteiger charge is -2.21. The highest BCUT2D eigenvalue weighted by atomic mass is 127. The van der Waals surface area contributed by atoms with Crippen molar-refractivity contribution < 1.29 is 9.90 Å². The van der Waals surface area contributed by atoms with E-state index >= 15 is 0 Å². The molecule has 0 aromatic heterocycles. The van der Waals surface area contributed by atoms with Gasteiger partial charge in [-0.25, -0.2) is 4.79 Å². The number of rotatable bonds is 4. The molecule has 2 amide bonds. The first-order valence-corrected chi connectivity index (χ1v) is 6.54. The molecule has 0 aliphatic rings. The number of hydrogen-bond acceptors (Lipinski definition) is 2. The second-order valence-corrected chi connectivity index (χ2v) is 5.30. The maximum Gasteiger partial charge on any atom is 0.319 e. The van der Waals surface area contributed by atoms with Crippen molar-refractivity contribution in [2.45, 2.75) is 25.9 Å².